The molecular formula is C20H33FO3Si. The first-order valence-electron chi connectivity index (χ1n) is 9.36. The van der Waals surface area contributed by atoms with Gasteiger partial charge in [0, 0.05) is 12.5 Å². The third-order valence-corrected chi connectivity index (χ3v) is 12.1. The highest BCUT2D eigenvalue weighted by molar-refractivity contribution is 6.77. The third-order valence-electron chi connectivity index (χ3n) is 5.95. The lowest BCUT2D eigenvalue weighted by atomic mass is 9.90. The second-order valence-electron chi connectivity index (χ2n) is 8.95. The molecule has 0 saturated carbocycles. The summed E-state index contributed by atoms with van der Waals surface area (Å²) < 4.78 is 27.7. The van der Waals surface area contributed by atoms with E-state index in [1.54, 1.807) is 6.08 Å². The summed E-state index contributed by atoms with van der Waals surface area (Å²) in [5, 5.41) is 0. The van der Waals surface area contributed by atoms with Crippen molar-refractivity contribution >= 4 is 14.1 Å². The summed E-state index contributed by atoms with van der Waals surface area (Å²) in [5.74, 6) is -0.839. The minimum absolute atomic E-state index is 0.205. The van der Waals surface area contributed by atoms with Gasteiger partial charge in [-0.2, -0.15) is 0 Å². The van der Waals surface area contributed by atoms with Gasteiger partial charge in [-0.05, 0) is 42.6 Å². The van der Waals surface area contributed by atoms with Gasteiger partial charge in [-0.15, -0.1) is 0 Å². The summed E-state index contributed by atoms with van der Waals surface area (Å²) in [6.07, 6.45) is 4.21. The van der Waals surface area contributed by atoms with Crippen molar-refractivity contribution in [3.05, 3.63) is 24.1 Å². The van der Waals surface area contributed by atoms with Gasteiger partial charge in [0.1, 0.15) is 11.4 Å². The first-order valence-corrected chi connectivity index (χ1v) is 11.5. The van der Waals surface area contributed by atoms with E-state index in [2.05, 4.69) is 41.5 Å². The van der Waals surface area contributed by atoms with E-state index in [0.29, 0.717) is 23.0 Å². The molecule has 0 aromatic rings. The van der Waals surface area contributed by atoms with E-state index < -0.39 is 25.3 Å². The fourth-order valence-electron chi connectivity index (χ4n) is 4.78. The van der Waals surface area contributed by atoms with Crippen molar-refractivity contribution in [2.24, 2.45) is 0 Å². The van der Waals surface area contributed by atoms with Gasteiger partial charge in [0.05, 0.1) is 11.7 Å². The lowest BCUT2D eigenvalue weighted by Gasteiger charge is -2.46. The van der Waals surface area contributed by atoms with Crippen LogP contribution in [0.1, 0.15) is 61.8 Å². The maximum Gasteiger partial charge on any atom is 0.200 e. The summed E-state index contributed by atoms with van der Waals surface area (Å²) in [7, 11) is -2.11. The highest BCUT2D eigenvalue weighted by Gasteiger charge is 2.57. The molecule has 25 heavy (non-hydrogen) atoms. The van der Waals surface area contributed by atoms with E-state index in [9.17, 15) is 9.18 Å². The van der Waals surface area contributed by atoms with Crippen molar-refractivity contribution in [2.75, 3.05) is 0 Å². The van der Waals surface area contributed by atoms with Crippen LogP contribution < -0.4 is 0 Å². The fourth-order valence-corrected chi connectivity index (χ4v) is 10.5. The number of allylic oxidation sites excluding steroid dienone is 2. The summed E-state index contributed by atoms with van der Waals surface area (Å²) in [5.41, 5.74) is -0.434. The Morgan fingerprint density at radius 2 is 1.68 bits per heavy atom. The van der Waals surface area contributed by atoms with Gasteiger partial charge in [0.15, 0.2) is 5.78 Å². The molecule has 1 heterocycles. The molecule has 2 rings (SSSR count). The molecule has 0 N–H and O–H groups in total. The largest absolute Gasteiger partial charge is 0.410 e. The molecule has 3 nitrogen and oxygen atoms in total. The van der Waals surface area contributed by atoms with Gasteiger partial charge < -0.3 is 9.16 Å². The number of rotatable bonds is 5. The van der Waals surface area contributed by atoms with Crippen molar-refractivity contribution in [3.63, 3.8) is 0 Å². The molecule has 5 heteroatoms. The first-order chi connectivity index (χ1) is 11.4. The predicted molar refractivity (Wildman–Crippen MR) is 102 cm³/mol. The van der Waals surface area contributed by atoms with Crippen molar-refractivity contribution in [1.29, 1.82) is 0 Å². The average molecular weight is 369 g/mol. The molecule has 0 aromatic heterocycles. The van der Waals surface area contributed by atoms with Crippen LogP contribution in [0.2, 0.25) is 16.6 Å². The standard InChI is InChI=1S/C20H33FO3Si/c1-13(2)25(14(3)4,15(5)6)23-18-12-20(24-19(18,7)8)10-9-16(22)11-17(20)21/h9-11,13-15,18H,12H2,1-8H3/t18?,20-/m0/s1. The second kappa shape index (κ2) is 6.75. The van der Waals surface area contributed by atoms with Gasteiger partial charge in [0.2, 0.25) is 8.32 Å². The predicted octanol–water partition coefficient (Wildman–Crippen LogP) is 5.48. The maximum atomic E-state index is 14.6. The number of carbonyl (C=O) groups is 1. The Balaban J connectivity index is 2.38. The zero-order valence-corrected chi connectivity index (χ0v) is 17.9. The molecule has 2 aliphatic rings. The fraction of sp³-hybridized carbons (Fsp3) is 0.750. The molecule has 0 bridgehead atoms. The monoisotopic (exact) mass is 368 g/mol. The van der Waals surface area contributed by atoms with Crippen molar-refractivity contribution in [2.45, 2.75) is 95.7 Å². The normalized spacial score (nSPS) is 29.4. The Hall–Kier alpha value is -0.783. The molecule has 0 radical (unpaired) electrons. The Kier molecular flexibility index (Phi) is 5.54. The molecule has 1 aliphatic heterocycles. The Bertz CT molecular complexity index is 570. The molecule has 1 unspecified atom stereocenters. The third kappa shape index (κ3) is 3.43. The maximum absolute atomic E-state index is 14.6. The smallest absolute Gasteiger partial charge is 0.200 e. The van der Waals surface area contributed by atoms with Crippen LogP contribution in [0.4, 0.5) is 4.39 Å². The van der Waals surface area contributed by atoms with Gasteiger partial charge >= 0.3 is 0 Å². The molecular weight excluding hydrogens is 335 g/mol. The van der Waals surface area contributed by atoms with Crippen LogP contribution in [-0.4, -0.2) is 31.4 Å². The Labute approximate surface area is 152 Å². The van der Waals surface area contributed by atoms with E-state index in [1.165, 1.54) is 6.08 Å². The minimum Gasteiger partial charge on any atom is -0.410 e. The molecule has 2 atom stereocenters. The van der Waals surface area contributed by atoms with Crippen LogP contribution in [0.15, 0.2) is 24.1 Å². The molecule has 1 spiro atoms. The number of carbonyl (C=O) groups excluding carboxylic acids is 1. The molecule has 1 aliphatic carbocycles. The minimum atomic E-state index is -2.11. The number of hydrogen-bond acceptors (Lipinski definition) is 3. The zero-order chi connectivity index (χ0) is 19.2. The number of ketones is 1. The Morgan fingerprint density at radius 3 is 2.12 bits per heavy atom. The van der Waals surface area contributed by atoms with Crippen LogP contribution in [0.25, 0.3) is 0 Å². The van der Waals surface area contributed by atoms with Crippen LogP contribution >= 0.6 is 0 Å². The topological polar surface area (TPSA) is 35.5 Å². The zero-order valence-electron chi connectivity index (χ0n) is 16.9. The van der Waals surface area contributed by atoms with Crippen LogP contribution in [0.5, 0.6) is 0 Å². The molecule has 0 amide bonds. The Morgan fingerprint density at radius 1 is 1.16 bits per heavy atom. The van der Waals surface area contributed by atoms with Crippen LogP contribution in [0.3, 0.4) is 0 Å². The first kappa shape index (κ1) is 20.5. The summed E-state index contributed by atoms with van der Waals surface area (Å²) in [4.78, 5) is 11.5. The number of halogens is 1. The molecule has 142 valence electrons. The van der Waals surface area contributed by atoms with Crippen molar-refractivity contribution in [3.8, 4) is 0 Å². The summed E-state index contributed by atoms with van der Waals surface area (Å²) >= 11 is 0. The highest BCUT2D eigenvalue weighted by Crippen LogP contribution is 2.51. The van der Waals surface area contributed by atoms with Gasteiger partial charge in [-0.1, -0.05) is 41.5 Å². The van der Waals surface area contributed by atoms with E-state index in [0.717, 1.165) is 6.08 Å². The molecule has 0 aromatic carbocycles. The summed E-state index contributed by atoms with van der Waals surface area (Å²) in [6.45, 7) is 17.4. The van der Waals surface area contributed by atoms with Crippen molar-refractivity contribution in [1.82, 2.24) is 0 Å². The van der Waals surface area contributed by atoms with Crippen LogP contribution in [0, 0.1) is 0 Å². The van der Waals surface area contributed by atoms with E-state index >= 15 is 0 Å². The average Bonchev–Trinajstić information content (AvgIpc) is 2.71. The molecule has 1 saturated heterocycles. The van der Waals surface area contributed by atoms with E-state index in [4.69, 9.17) is 9.16 Å². The highest BCUT2D eigenvalue weighted by atomic mass is 28.4. The summed E-state index contributed by atoms with van der Waals surface area (Å²) in [6, 6.07) is 0. The number of ether oxygens (including phenoxy) is 1. The lowest BCUT2D eigenvalue weighted by molar-refractivity contribution is -0.112. The van der Waals surface area contributed by atoms with E-state index in [-0.39, 0.29) is 11.9 Å². The lowest BCUT2D eigenvalue weighted by Crippen LogP contribution is -2.53. The van der Waals surface area contributed by atoms with Gasteiger partial charge in [-0.3, -0.25) is 4.79 Å². The number of hydrogen-bond donors (Lipinski definition) is 0. The molecule has 1 fully saturated rings. The SMILES string of the molecule is CC(C)[Si](OC1C[C@]2(C=CC(=O)C=C2F)OC1(C)C)(C(C)C)C(C)C. The second-order valence-corrected chi connectivity index (χ2v) is 14.4. The van der Waals surface area contributed by atoms with Crippen LogP contribution in [-0.2, 0) is 14.0 Å². The van der Waals surface area contributed by atoms with Gasteiger partial charge in [-0.25, -0.2) is 4.39 Å². The quantitative estimate of drug-likeness (QED) is 0.603. The van der Waals surface area contributed by atoms with Crippen molar-refractivity contribution < 1.29 is 18.3 Å². The van der Waals surface area contributed by atoms with Gasteiger partial charge in [0.25, 0.3) is 0 Å². The van der Waals surface area contributed by atoms with E-state index in [1.807, 2.05) is 13.8 Å².